The third-order valence-electron chi connectivity index (χ3n) is 3.39. The number of hydrazine groups is 1. The van der Waals surface area contributed by atoms with E-state index >= 15 is 0 Å². The van der Waals surface area contributed by atoms with Crippen molar-refractivity contribution in [2.75, 3.05) is 21.3 Å². The van der Waals surface area contributed by atoms with Gasteiger partial charge < -0.3 is 14.2 Å². The summed E-state index contributed by atoms with van der Waals surface area (Å²) in [6.45, 7) is 2.18. The van der Waals surface area contributed by atoms with E-state index in [1.807, 2.05) is 12.1 Å². The van der Waals surface area contributed by atoms with E-state index in [1.165, 1.54) is 12.8 Å². The molecule has 3 N–H and O–H groups in total. The van der Waals surface area contributed by atoms with E-state index in [9.17, 15) is 0 Å². The van der Waals surface area contributed by atoms with Crippen molar-refractivity contribution in [1.82, 2.24) is 5.43 Å². The molecular formula is C15H26N2O3. The number of hydrogen-bond acceptors (Lipinski definition) is 5. The Morgan fingerprint density at radius 1 is 1.05 bits per heavy atom. The fourth-order valence-electron chi connectivity index (χ4n) is 2.25. The number of benzene rings is 1. The number of methoxy groups -OCH3 is 3. The fraction of sp³-hybridized carbons (Fsp3) is 0.600. The summed E-state index contributed by atoms with van der Waals surface area (Å²) in [4.78, 5) is 0. The quantitative estimate of drug-likeness (QED) is 0.414. The van der Waals surface area contributed by atoms with Crippen molar-refractivity contribution in [3.8, 4) is 17.2 Å². The molecule has 1 aromatic carbocycles. The lowest BCUT2D eigenvalue weighted by Gasteiger charge is -2.20. The normalized spacial score (nSPS) is 12.1. The molecule has 0 saturated heterocycles. The van der Waals surface area contributed by atoms with E-state index in [4.69, 9.17) is 20.1 Å². The molecule has 114 valence electrons. The van der Waals surface area contributed by atoms with Gasteiger partial charge in [0.05, 0.1) is 21.3 Å². The third-order valence-corrected chi connectivity index (χ3v) is 3.39. The average Bonchev–Trinajstić information content (AvgIpc) is 2.50. The highest BCUT2D eigenvalue weighted by atomic mass is 16.5. The minimum atomic E-state index is 0.0789. The molecular weight excluding hydrogens is 256 g/mol. The van der Waals surface area contributed by atoms with Crippen molar-refractivity contribution < 1.29 is 14.2 Å². The van der Waals surface area contributed by atoms with Crippen LogP contribution in [0.1, 0.15) is 44.2 Å². The maximum absolute atomic E-state index is 5.68. The van der Waals surface area contributed by atoms with E-state index < -0.39 is 0 Å². The molecule has 0 aliphatic rings. The lowest BCUT2D eigenvalue weighted by atomic mass is 10.00. The standard InChI is InChI=1S/C15H26N2O3/c1-5-6-7-8-12(17-16)11-9-13(18-2)15(20-4)14(10-11)19-3/h9-10,12,17H,5-8,16H2,1-4H3. The van der Waals surface area contributed by atoms with Gasteiger partial charge in [-0.3, -0.25) is 11.3 Å². The first-order chi connectivity index (χ1) is 9.71. The highest BCUT2D eigenvalue weighted by Crippen LogP contribution is 2.40. The van der Waals surface area contributed by atoms with Gasteiger partial charge in [0.15, 0.2) is 11.5 Å². The summed E-state index contributed by atoms with van der Waals surface area (Å²) in [5, 5.41) is 0. The van der Waals surface area contributed by atoms with Gasteiger partial charge in [0.2, 0.25) is 5.75 Å². The van der Waals surface area contributed by atoms with Gasteiger partial charge in [-0.05, 0) is 24.1 Å². The van der Waals surface area contributed by atoms with E-state index in [1.54, 1.807) is 21.3 Å². The molecule has 0 aliphatic carbocycles. The largest absolute Gasteiger partial charge is 0.493 e. The topological polar surface area (TPSA) is 65.7 Å². The Hall–Kier alpha value is -1.46. The van der Waals surface area contributed by atoms with Gasteiger partial charge in [-0.25, -0.2) is 0 Å². The first-order valence-electron chi connectivity index (χ1n) is 6.97. The van der Waals surface area contributed by atoms with Crippen LogP contribution in [0.5, 0.6) is 17.2 Å². The van der Waals surface area contributed by atoms with Crippen LogP contribution in [0.3, 0.4) is 0 Å². The number of ether oxygens (including phenoxy) is 3. The molecule has 0 spiro atoms. The molecule has 1 aromatic rings. The smallest absolute Gasteiger partial charge is 0.203 e. The highest BCUT2D eigenvalue weighted by Gasteiger charge is 2.17. The Morgan fingerprint density at radius 3 is 2.05 bits per heavy atom. The summed E-state index contributed by atoms with van der Waals surface area (Å²) in [7, 11) is 4.83. The van der Waals surface area contributed by atoms with Crippen LogP contribution < -0.4 is 25.5 Å². The summed E-state index contributed by atoms with van der Waals surface area (Å²) >= 11 is 0. The van der Waals surface area contributed by atoms with Gasteiger partial charge in [-0.1, -0.05) is 26.2 Å². The minimum absolute atomic E-state index is 0.0789. The van der Waals surface area contributed by atoms with Crippen LogP contribution in [0, 0.1) is 0 Å². The van der Waals surface area contributed by atoms with Gasteiger partial charge in [0.1, 0.15) is 0 Å². The Bertz CT molecular complexity index is 385. The second-order valence-electron chi connectivity index (χ2n) is 4.67. The van der Waals surface area contributed by atoms with Crippen molar-refractivity contribution in [3.05, 3.63) is 17.7 Å². The van der Waals surface area contributed by atoms with Crippen LogP contribution >= 0.6 is 0 Å². The molecule has 1 atom stereocenters. The zero-order valence-corrected chi connectivity index (χ0v) is 12.9. The Balaban J connectivity index is 3.03. The van der Waals surface area contributed by atoms with E-state index in [-0.39, 0.29) is 6.04 Å². The highest BCUT2D eigenvalue weighted by molar-refractivity contribution is 5.54. The molecule has 1 rings (SSSR count). The molecule has 0 fully saturated rings. The number of unbranched alkanes of at least 4 members (excludes halogenated alkanes) is 2. The Kier molecular flexibility index (Phi) is 7.18. The van der Waals surface area contributed by atoms with Gasteiger partial charge in [0, 0.05) is 6.04 Å². The van der Waals surface area contributed by atoms with Crippen molar-refractivity contribution in [1.29, 1.82) is 0 Å². The number of hydrogen-bond donors (Lipinski definition) is 2. The summed E-state index contributed by atoms with van der Waals surface area (Å²) in [5.74, 6) is 7.58. The Labute approximate surface area is 121 Å². The van der Waals surface area contributed by atoms with Crippen LogP contribution in [-0.4, -0.2) is 21.3 Å². The maximum Gasteiger partial charge on any atom is 0.203 e. The van der Waals surface area contributed by atoms with E-state index in [0.717, 1.165) is 18.4 Å². The first kappa shape index (κ1) is 16.6. The molecule has 0 radical (unpaired) electrons. The van der Waals surface area contributed by atoms with Gasteiger partial charge in [-0.2, -0.15) is 0 Å². The predicted molar refractivity (Wildman–Crippen MR) is 80.3 cm³/mol. The SMILES string of the molecule is CCCCCC(NN)c1cc(OC)c(OC)c(OC)c1. The van der Waals surface area contributed by atoms with Crippen LogP contribution in [-0.2, 0) is 0 Å². The first-order valence-corrected chi connectivity index (χ1v) is 6.97. The van der Waals surface area contributed by atoms with Crippen LogP contribution in [0.15, 0.2) is 12.1 Å². The van der Waals surface area contributed by atoms with Crippen molar-refractivity contribution in [3.63, 3.8) is 0 Å². The molecule has 5 heteroatoms. The molecule has 0 saturated carbocycles. The monoisotopic (exact) mass is 282 g/mol. The zero-order valence-electron chi connectivity index (χ0n) is 12.9. The minimum Gasteiger partial charge on any atom is -0.493 e. The second-order valence-corrected chi connectivity index (χ2v) is 4.67. The van der Waals surface area contributed by atoms with Gasteiger partial charge in [0.25, 0.3) is 0 Å². The molecule has 0 bridgehead atoms. The summed E-state index contributed by atoms with van der Waals surface area (Å²) in [5.41, 5.74) is 3.91. The van der Waals surface area contributed by atoms with Crippen molar-refractivity contribution in [2.24, 2.45) is 5.84 Å². The van der Waals surface area contributed by atoms with Gasteiger partial charge >= 0.3 is 0 Å². The van der Waals surface area contributed by atoms with E-state index in [2.05, 4.69) is 12.3 Å². The van der Waals surface area contributed by atoms with Crippen LogP contribution in [0.25, 0.3) is 0 Å². The van der Waals surface area contributed by atoms with Crippen LogP contribution in [0.2, 0.25) is 0 Å². The average molecular weight is 282 g/mol. The second kappa shape index (κ2) is 8.66. The van der Waals surface area contributed by atoms with Crippen molar-refractivity contribution >= 4 is 0 Å². The number of nitrogens with two attached hydrogens (primary N) is 1. The summed E-state index contributed by atoms with van der Waals surface area (Å²) < 4.78 is 16.1. The zero-order chi connectivity index (χ0) is 15.0. The molecule has 0 aromatic heterocycles. The molecule has 5 nitrogen and oxygen atoms in total. The molecule has 0 amide bonds. The maximum atomic E-state index is 5.68. The molecule has 20 heavy (non-hydrogen) atoms. The number of rotatable bonds is 9. The molecule has 0 aliphatic heterocycles. The fourth-order valence-corrected chi connectivity index (χ4v) is 2.25. The third kappa shape index (κ3) is 4.02. The predicted octanol–water partition coefficient (Wildman–Crippen LogP) is 2.80. The molecule has 1 unspecified atom stereocenters. The lowest BCUT2D eigenvalue weighted by Crippen LogP contribution is -2.28. The van der Waals surface area contributed by atoms with Gasteiger partial charge in [-0.15, -0.1) is 0 Å². The number of nitrogens with one attached hydrogen (secondary N) is 1. The summed E-state index contributed by atoms with van der Waals surface area (Å²) in [6.07, 6.45) is 4.49. The lowest BCUT2D eigenvalue weighted by molar-refractivity contribution is 0.322. The Morgan fingerprint density at radius 2 is 1.65 bits per heavy atom. The van der Waals surface area contributed by atoms with E-state index in [0.29, 0.717) is 17.2 Å². The molecule has 0 heterocycles. The van der Waals surface area contributed by atoms with Crippen molar-refractivity contribution in [2.45, 2.75) is 38.6 Å². The van der Waals surface area contributed by atoms with Crippen LogP contribution in [0.4, 0.5) is 0 Å². The summed E-state index contributed by atoms with van der Waals surface area (Å²) in [6, 6.07) is 3.96.